The topological polar surface area (TPSA) is 83.8 Å². The number of aryl methyl sites for hydroxylation is 2. The molecule has 4 aromatic rings. The number of carbonyl (C=O) groups is 1. The number of rotatable bonds is 8. The van der Waals surface area contributed by atoms with Crippen LogP contribution in [0.25, 0.3) is 5.69 Å². The van der Waals surface area contributed by atoms with E-state index in [0.29, 0.717) is 5.02 Å². The van der Waals surface area contributed by atoms with Gasteiger partial charge in [0.15, 0.2) is 0 Å². The number of hydrogen-bond acceptors (Lipinski definition) is 4. The van der Waals surface area contributed by atoms with Crippen molar-refractivity contribution in [3.8, 4) is 5.69 Å². The third-order valence-electron chi connectivity index (χ3n) is 5.92. The van der Waals surface area contributed by atoms with Gasteiger partial charge in [-0.05, 0) is 74.9 Å². The van der Waals surface area contributed by atoms with Gasteiger partial charge in [0.05, 0.1) is 21.8 Å². The second-order valence-corrected chi connectivity index (χ2v) is 11.4. The van der Waals surface area contributed by atoms with Crippen LogP contribution in [0.2, 0.25) is 10.0 Å². The van der Waals surface area contributed by atoms with Gasteiger partial charge in [-0.2, -0.15) is 5.10 Å². The average molecular weight is 570 g/mol. The van der Waals surface area contributed by atoms with Gasteiger partial charge in [-0.1, -0.05) is 53.5 Å². The molecule has 4 rings (SSSR count). The van der Waals surface area contributed by atoms with Gasteiger partial charge in [0, 0.05) is 27.7 Å². The number of aromatic nitrogens is 1. The van der Waals surface area contributed by atoms with Crippen LogP contribution in [0, 0.1) is 20.8 Å². The number of sulfonamides is 1. The molecule has 196 valence electrons. The summed E-state index contributed by atoms with van der Waals surface area (Å²) in [6, 6.07) is 22.3. The highest BCUT2D eigenvalue weighted by Gasteiger charge is 2.28. The minimum absolute atomic E-state index is 0.0194. The van der Waals surface area contributed by atoms with Crippen molar-refractivity contribution < 1.29 is 13.2 Å². The van der Waals surface area contributed by atoms with Crippen molar-refractivity contribution >= 4 is 51.0 Å². The summed E-state index contributed by atoms with van der Waals surface area (Å²) in [5.41, 5.74) is 7.52. The Morgan fingerprint density at radius 1 is 0.974 bits per heavy atom. The van der Waals surface area contributed by atoms with E-state index in [1.807, 2.05) is 45.0 Å². The molecule has 10 heteroatoms. The van der Waals surface area contributed by atoms with Crippen molar-refractivity contribution in [2.75, 3.05) is 10.8 Å². The van der Waals surface area contributed by atoms with Crippen LogP contribution in [0.4, 0.5) is 5.69 Å². The number of hydrazone groups is 1. The Balaban J connectivity index is 1.57. The molecule has 0 atom stereocenters. The monoisotopic (exact) mass is 568 g/mol. The largest absolute Gasteiger partial charge is 0.318 e. The van der Waals surface area contributed by atoms with E-state index in [-0.39, 0.29) is 15.6 Å². The van der Waals surface area contributed by atoms with Crippen LogP contribution in [-0.2, 0) is 14.8 Å². The summed E-state index contributed by atoms with van der Waals surface area (Å²) < 4.78 is 30.0. The molecule has 1 aromatic heterocycles. The maximum atomic E-state index is 13.5. The number of hydrogen-bond donors (Lipinski definition) is 1. The Kier molecular flexibility index (Phi) is 8.26. The smallest absolute Gasteiger partial charge is 0.264 e. The van der Waals surface area contributed by atoms with Gasteiger partial charge in [0.25, 0.3) is 15.9 Å². The first-order valence-corrected chi connectivity index (χ1v) is 13.9. The van der Waals surface area contributed by atoms with Crippen molar-refractivity contribution in [2.45, 2.75) is 25.7 Å². The normalized spacial score (nSPS) is 11.6. The van der Waals surface area contributed by atoms with E-state index < -0.39 is 22.5 Å². The average Bonchev–Trinajstić information content (AvgIpc) is 3.16. The highest BCUT2D eigenvalue weighted by molar-refractivity contribution is 7.92. The van der Waals surface area contributed by atoms with Crippen molar-refractivity contribution in [3.05, 3.63) is 111 Å². The van der Waals surface area contributed by atoms with Crippen molar-refractivity contribution in [3.63, 3.8) is 0 Å². The van der Waals surface area contributed by atoms with Gasteiger partial charge >= 0.3 is 0 Å². The fourth-order valence-corrected chi connectivity index (χ4v) is 6.15. The minimum Gasteiger partial charge on any atom is -0.318 e. The van der Waals surface area contributed by atoms with E-state index in [9.17, 15) is 13.2 Å². The first-order chi connectivity index (χ1) is 18.1. The van der Waals surface area contributed by atoms with E-state index >= 15 is 0 Å². The number of carbonyl (C=O) groups excluding carboxylic acids is 1. The summed E-state index contributed by atoms with van der Waals surface area (Å²) in [7, 11) is -4.12. The summed E-state index contributed by atoms with van der Waals surface area (Å²) in [6.07, 6.45) is 1.54. The lowest BCUT2D eigenvalue weighted by Gasteiger charge is -2.24. The summed E-state index contributed by atoms with van der Waals surface area (Å²) in [6.45, 7) is 5.45. The zero-order valence-electron chi connectivity index (χ0n) is 21.0. The Hall–Kier alpha value is -3.59. The molecule has 0 fully saturated rings. The molecule has 7 nitrogen and oxygen atoms in total. The molecule has 0 aliphatic rings. The highest BCUT2D eigenvalue weighted by Crippen LogP contribution is 2.32. The molecule has 1 heterocycles. The fourth-order valence-electron chi connectivity index (χ4n) is 4.13. The zero-order chi connectivity index (χ0) is 27.4. The number of nitrogens with zero attached hydrogens (tertiary/aromatic N) is 3. The van der Waals surface area contributed by atoms with Crippen LogP contribution >= 0.6 is 23.2 Å². The molecule has 1 amide bonds. The Morgan fingerprint density at radius 3 is 2.39 bits per heavy atom. The third kappa shape index (κ3) is 5.93. The van der Waals surface area contributed by atoms with Crippen molar-refractivity contribution in [2.24, 2.45) is 5.10 Å². The quantitative estimate of drug-likeness (QED) is 0.207. The fraction of sp³-hybridized carbons (Fsp3) is 0.143. The molecule has 0 spiro atoms. The maximum absolute atomic E-state index is 13.5. The SMILES string of the molecule is Cc1cccc(-n2c(C)cc(/C=N/NC(=O)CN(c3ccc(Cl)cc3Cl)S(=O)(=O)c3ccccc3)c2C)c1. The molecule has 0 bridgehead atoms. The molecular weight excluding hydrogens is 543 g/mol. The summed E-state index contributed by atoms with van der Waals surface area (Å²) in [4.78, 5) is 12.9. The molecule has 0 aliphatic carbocycles. The van der Waals surface area contributed by atoms with E-state index in [1.54, 1.807) is 18.2 Å². The lowest BCUT2D eigenvalue weighted by atomic mass is 10.2. The van der Waals surface area contributed by atoms with Crippen LogP contribution in [0.15, 0.2) is 88.9 Å². The molecule has 0 unspecified atom stereocenters. The van der Waals surface area contributed by atoms with Gasteiger partial charge < -0.3 is 4.57 Å². The summed E-state index contributed by atoms with van der Waals surface area (Å²) in [5.74, 6) is -0.640. The van der Waals surface area contributed by atoms with Crippen LogP contribution < -0.4 is 9.73 Å². The van der Waals surface area contributed by atoms with Gasteiger partial charge in [-0.15, -0.1) is 0 Å². The predicted molar refractivity (Wildman–Crippen MR) is 153 cm³/mol. The Labute approximate surface area is 232 Å². The molecule has 38 heavy (non-hydrogen) atoms. The Bertz CT molecular complexity index is 1620. The summed E-state index contributed by atoms with van der Waals surface area (Å²) in [5, 5.41) is 4.53. The Morgan fingerprint density at radius 2 is 1.71 bits per heavy atom. The van der Waals surface area contributed by atoms with Crippen LogP contribution in [0.1, 0.15) is 22.5 Å². The maximum Gasteiger partial charge on any atom is 0.264 e. The molecular formula is C28H26Cl2N4O3S. The second-order valence-electron chi connectivity index (χ2n) is 8.71. The van der Waals surface area contributed by atoms with Crippen molar-refractivity contribution in [1.29, 1.82) is 0 Å². The van der Waals surface area contributed by atoms with Crippen molar-refractivity contribution in [1.82, 2.24) is 9.99 Å². The van der Waals surface area contributed by atoms with Gasteiger partial charge in [-0.25, -0.2) is 13.8 Å². The van der Waals surface area contributed by atoms with E-state index in [4.69, 9.17) is 23.2 Å². The van der Waals surface area contributed by atoms with E-state index in [2.05, 4.69) is 21.2 Å². The number of amides is 1. The minimum atomic E-state index is -4.12. The molecule has 3 aromatic carbocycles. The summed E-state index contributed by atoms with van der Waals surface area (Å²) >= 11 is 12.3. The van der Waals surface area contributed by atoms with Crippen LogP contribution in [0.3, 0.4) is 0 Å². The number of halogens is 2. The molecule has 0 saturated carbocycles. The van der Waals surface area contributed by atoms with E-state index in [0.717, 1.165) is 32.5 Å². The molecule has 0 saturated heterocycles. The third-order valence-corrected chi connectivity index (χ3v) is 8.23. The number of anilines is 1. The first-order valence-electron chi connectivity index (χ1n) is 11.7. The zero-order valence-corrected chi connectivity index (χ0v) is 23.3. The van der Waals surface area contributed by atoms with Gasteiger partial charge in [0.1, 0.15) is 6.54 Å². The van der Waals surface area contributed by atoms with Gasteiger partial charge in [-0.3, -0.25) is 9.10 Å². The second kappa shape index (κ2) is 11.4. The van der Waals surface area contributed by atoms with Gasteiger partial charge in [0.2, 0.25) is 0 Å². The van der Waals surface area contributed by atoms with E-state index in [1.165, 1.54) is 36.5 Å². The molecule has 1 N–H and O–H groups in total. The molecule has 0 aliphatic heterocycles. The lowest BCUT2D eigenvalue weighted by Crippen LogP contribution is -2.39. The van der Waals surface area contributed by atoms with Crippen LogP contribution in [0.5, 0.6) is 0 Å². The number of benzene rings is 3. The van der Waals surface area contributed by atoms with Crippen LogP contribution in [-0.4, -0.2) is 31.7 Å². The number of nitrogens with one attached hydrogen (secondary N) is 1. The molecule has 0 radical (unpaired) electrons. The standard InChI is InChI=1S/C28H26Cl2N4O3S/c1-19-8-7-9-24(14-19)34-20(2)15-22(21(34)3)17-31-32-28(35)18-33(27-13-12-23(29)16-26(27)30)38(36,37)25-10-5-4-6-11-25/h4-17H,18H2,1-3H3,(H,32,35)/b31-17+. The predicted octanol–water partition coefficient (Wildman–Crippen LogP) is 6.05. The first kappa shape index (κ1) is 27.4. The lowest BCUT2D eigenvalue weighted by molar-refractivity contribution is -0.119. The highest BCUT2D eigenvalue weighted by atomic mass is 35.5.